The smallest absolute Gasteiger partial charge is 0.230 e. The van der Waals surface area contributed by atoms with Crippen molar-refractivity contribution in [2.75, 3.05) is 10.2 Å². The Morgan fingerprint density at radius 1 is 1.13 bits per heavy atom. The largest absolute Gasteiger partial charge is 0.357 e. The molecular weight excluding hydrogens is 386 g/mol. The van der Waals surface area contributed by atoms with Crippen LogP contribution in [0.2, 0.25) is 0 Å². The third kappa shape index (κ3) is 3.51. The first-order chi connectivity index (χ1) is 14.3. The van der Waals surface area contributed by atoms with Gasteiger partial charge < -0.3 is 10.2 Å². The molecule has 30 heavy (non-hydrogen) atoms. The summed E-state index contributed by atoms with van der Waals surface area (Å²) in [5, 5.41) is 3.33. The molecule has 2 aromatic rings. The third-order valence-electron chi connectivity index (χ3n) is 5.66. The van der Waals surface area contributed by atoms with Gasteiger partial charge in [0.1, 0.15) is 17.4 Å². The van der Waals surface area contributed by atoms with Gasteiger partial charge in [-0.25, -0.2) is 8.78 Å². The van der Waals surface area contributed by atoms with E-state index in [4.69, 9.17) is 0 Å². The zero-order chi connectivity index (χ0) is 21.6. The number of nitrogens with zero attached hydrogens (tertiary/aromatic N) is 1. The van der Waals surface area contributed by atoms with Crippen LogP contribution in [0.3, 0.4) is 0 Å². The number of ketones is 1. The molecule has 2 aliphatic rings. The maximum Gasteiger partial charge on any atom is 0.230 e. The van der Waals surface area contributed by atoms with Gasteiger partial charge in [0.2, 0.25) is 5.91 Å². The first kappa shape index (κ1) is 20.3. The molecule has 0 unspecified atom stereocenters. The number of para-hydroxylation sites is 2. The predicted molar refractivity (Wildman–Crippen MR) is 112 cm³/mol. The van der Waals surface area contributed by atoms with E-state index in [2.05, 4.69) is 5.32 Å². The lowest BCUT2D eigenvalue weighted by Crippen LogP contribution is -2.44. The monoisotopic (exact) mass is 410 g/mol. The van der Waals surface area contributed by atoms with Crippen LogP contribution in [-0.4, -0.2) is 11.7 Å². The van der Waals surface area contributed by atoms with E-state index >= 15 is 0 Å². The van der Waals surface area contributed by atoms with Gasteiger partial charge in [-0.05, 0) is 35.7 Å². The standard InChI is InChI=1S/C24H24F2N2O2/c1-13(2)24(30)28-20-7-5-4-6-18(20)27-19-8-14(3)9-21(29)22(19)23(28)15-10-16(25)12-17(26)11-15/h4-8,10-14,22-23,27H,9H2,1-3H3/t14-,22-,23+/m0/s1. The van der Waals surface area contributed by atoms with E-state index in [1.165, 1.54) is 12.1 Å². The van der Waals surface area contributed by atoms with E-state index in [1.807, 2.05) is 25.1 Å². The Morgan fingerprint density at radius 2 is 1.80 bits per heavy atom. The molecule has 1 amide bonds. The van der Waals surface area contributed by atoms with Crippen molar-refractivity contribution < 1.29 is 18.4 Å². The number of hydrogen-bond donors (Lipinski definition) is 1. The van der Waals surface area contributed by atoms with Crippen LogP contribution in [0, 0.1) is 29.4 Å². The summed E-state index contributed by atoms with van der Waals surface area (Å²) in [6.07, 6.45) is 2.29. The average molecular weight is 410 g/mol. The van der Waals surface area contributed by atoms with Gasteiger partial charge in [0.05, 0.1) is 23.3 Å². The van der Waals surface area contributed by atoms with Crippen molar-refractivity contribution in [1.29, 1.82) is 0 Å². The summed E-state index contributed by atoms with van der Waals surface area (Å²) in [5.41, 5.74) is 2.20. The summed E-state index contributed by atoms with van der Waals surface area (Å²) in [7, 11) is 0. The molecule has 156 valence electrons. The number of nitrogens with one attached hydrogen (secondary N) is 1. The molecule has 4 rings (SSSR count). The number of Topliss-reactive ketones (excluding diaryl/α,β-unsaturated/α-hetero) is 1. The first-order valence-electron chi connectivity index (χ1n) is 10.2. The van der Waals surface area contributed by atoms with Gasteiger partial charge in [-0.3, -0.25) is 9.59 Å². The van der Waals surface area contributed by atoms with Crippen LogP contribution in [0.5, 0.6) is 0 Å². The Kier molecular flexibility index (Phi) is 5.18. The number of carbonyl (C=O) groups is 2. The molecule has 0 saturated heterocycles. The number of anilines is 2. The molecule has 0 saturated carbocycles. The van der Waals surface area contributed by atoms with Gasteiger partial charge in [0.15, 0.2) is 0 Å². The van der Waals surface area contributed by atoms with Crippen LogP contribution in [0.1, 0.15) is 38.8 Å². The van der Waals surface area contributed by atoms with Crippen molar-refractivity contribution >= 4 is 23.1 Å². The van der Waals surface area contributed by atoms with E-state index in [-0.39, 0.29) is 29.1 Å². The van der Waals surface area contributed by atoms with Crippen molar-refractivity contribution in [3.63, 3.8) is 0 Å². The van der Waals surface area contributed by atoms with E-state index < -0.39 is 23.6 Å². The van der Waals surface area contributed by atoms with Gasteiger partial charge in [0.25, 0.3) is 0 Å². The molecule has 0 fully saturated rings. The maximum atomic E-state index is 14.2. The van der Waals surface area contributed by atoms with E-state index in [9.17, 15) is 18.4 Å². The van der Waals surface area contributed by atoms with Gasteiger partial charge in [-0.15, -0.1) is 0 Å². The molecule has 3 atom stereocenters. The molecule has 1 N–H and O–H groups in total. The quantitative estimate of drug-likeness (QED) is 0.738. The Hall–Kier alpha value is -3.02. The molecule has 1 aliphatic heterocycles. The van der Waals surface area contributed by atoms with Crippen molar-refractivity contribution in [2.24, 2.45) is 17.8 Å². The van der Waals surface area contributed by atoms with Crippen LogP contribution in [0.25, 0.3) is 0 Å². The summed E-state index contributed by atoms with van der Waals surface area (Å²) in [4.78, 5) is 28.2. The highest BCUT2D eigenvalue weighted by Crippen LogP contribution is 2.47. The first-order valence-corrected chi connectivity index (χ1v) is 10.2. The molecule has 0 aromatic heterocycles. The second-order valence-corrected chi connectivity index (χ2v) is 8.40. The van der Waals surface area contributed by atoms with Gasteiger partial charge in [-0.2, -0.15) is 0 Å². The summed E-state index contributed by atoms with van der Waals surface area (Å²) >= 11 is 0. The second kappa shape index (κ2) is 7.67. The normalized spacial score (nSPS) is 23.3. The SMILES string of the molecule is CC(C)C(=O)N1c2ccccc2NC2=C[C@H](C)CC(=O)[C@H]2[C@H]1c1cc(F)cc(F)c1. The summed E-state index contributed by atoms with van der Waals surface area (Å²) in [6, 6.07) is 9.64. The number of carbonyl (C=O) groups excluding carboxylic acids is 2. The summed E-state index contributed by atoms with van der Waals surface area (Å²) in [6.45, 7) is 5.50. The van der Waals surface area contributed by atoms with Crippen LogP contribution in [0.4, 0.5) is 20.2 Å². The van der Waals surface area contributed by atoms with Crippen molar-refractivity contribution in [3.05, 3.63) is 71.4 Å². The molecule has 6 heteroatoms. The lowest BCUT2D eigenvalue weighted by molar-refractivity contribution is -0.125. The fourth-order valence-corrected chi connectivity index (χ4v) is 4.42. The lowest BCUT2D eigenvalue weighted by Gasteiger charge is -2.38. The van der Waals surface area contributed by atoms with Gasteiger partial charge in [0, 0.05) is 24.1 Å². The van der Waals surface area contributed by atoms with Crippen LogP contribution >= 0.6 is 0 Å². The fourth-order valence-electron chi connectivity index (χ4n) is 4.42. The predicted octanol–water partition coefficient (Wildman–Crippen LogP) is 5.23. The van der Waals surface area contributed by atoms with Crippen molar-refractivity contribution in [1.82, 2.24) is 0 Å². The number of halogens is 2. The Balaban J connectivity index is 2.02. The minimum absolute atomic E-state index is 0.0284. The van der Waals surface area contributed by atoms with E-state index in [0.29, 0.717) is 23.5 Å². The Morgan fingerprint density at radius 3 is 2.47 bits per heavy atom. The van der Waals surface area contributed by atoms with E-state index in [1.54, 1.807) is 30.9 Å². The topological polar surface area (TPSA) is 49.4 Å². The average Bonchev–Trinajstić information content (AvgIpc) is 2.80. The highest BCUT2D eigenvalue weighted by Gasteiger charge is 2.44. The lowest BCUT2D eigenvalue weighted by atomic mass is 9.78. The fraction of sp³-hybridized carbons (Fsp3) is 0.333. The van der Waals surface area contributed by atoms with Gasteiger partial charge in [-0.1, -0.05) is 39.0 Å². The number of hydrogen-bond acceptors (Lipinski definition) is 3. The zero-order valence-corrected chi connectivity index (χ0v) is 17.2. The summed E-state index contributed by atoms with van der Waals surface area (Å²) < 4.78 is 28.4. The minimum Gasteiger partial charge on any atom is -0.357 e. The number of amides is 1. The molecular formula is C24H24F2N2O2. The van der Waals surface area contributed by atoms with Crippen LogP contribution in [-0.2, 0) is 9.59 Å². The number of allylic oxidation sites excluding steroid dienone is 1. The zero-order valence-electron chi connectivity index (χ0n) is 17.2. The number of rotatable bonds is 2. The Bertz CT molecular complexity index is 1030. The highest BCUT2D eigenvalue weighted by molar-refractivity contribution is 6.01. The summed E-state index contributed by atoms with van der Waals surface area (Å²) in [5.74, 6) is -2.84. The highest BCUT2D eigenvalue weighted by atomic mass is 19.1. The van der Waals surface area contributed by atoms with Gasteiger partial charge >= 0.3 is 0 Å². The number of benzene rings is 2. The van der Waals surface area contributed by atoms with Crippen LogP contribution < -0.4 is 10.2 Å². The van der Waals surface area contributed by atoms with E-state index in [0.717, 1.165) is 6.07 Å². The molecule has 2 aromatic carbocycles. The molecule has 0 radical (unpaired) electrons. The molecule has 1 heterocycles. The maximum absolute atomic E-state index is 14.2. The Labute approximate surface area is 174 Å². The molecule has 0 spiro atoms. The molecule has 4 nitrogen and oxygen atoms in total. The molecule has 1 aliphatic carbocycles. The minimum atomic E-state index is -0.854. The molecule has 0 bridgehead atoms. The van der Waals surface area contributed by atoms with Crippen LogP contribution in [0.15, 0.2) is 54.2 Å². The number of fused-ring (bicyclic) bond motifs is 2. The van der Waals surface area contributed by atoms with Crippen molar-refractivity contribution in [3.8, 4) is 0 Å². The second-order valence-electron chi connectivity index (χ2n) is 8.40. The third-order valence-corrected chi connectivity index (χ3v) is 5.66. The van der Waals surface area contributed by atoms with Crippen molar-refractivity contribution in [2.45, 2.75) is 33.2 Å².